The van der Waals surface area contributed by atoms with E-state index in [0.29, 0.717) is 5.17 Å². The van der Waals surface area contributed by atoms with Gasteiger partial charge >= 0.3 is 0 Å². The molecule has 2 N–H and O–H groups in total. The molecule has 3 rings (SSSR count). The second-order valence-electron chi connectivity index (χ2n) is 6.04. The van der Waals surface area contributed by atoms with Crippen molar-refractivity contribution in [3.8, 4) is 6.19 Å². The van der Waals surface area contributed by atoms with Crippen LogP contribution in [0.5, 0.6) is 0 Å². The molecule has 0 bridgehead atoms. The SMILES string of the molecule is CN=C(NC#N)SCCCSc1ccnc(CSc2nc3ccccc3[nH]2)c1C. The normalized spacial score (nSPS) is 11.6. The van der Waals surface area contributed by atoms with E-state index in [2.05, 4.69) is 38.3 Å². The molecule has 0 saturated heterocycles. The van der Waals surface area contributed by atoms with Crippen LogP contribution in [0.3, 0.4) is 0 Å². The van der Waals surface area contributed by atoms with Crippen LogP contribution in [-0.4, -0.2) is 38.7 Å². The topological polar surface area (TPSA) is 89.8 Å². The van der Waals surface area contributed by atoms with Gasteiger partial charge in [-0.3, -0.25) is 15.3 Å². The zero-order chi connectivity index (χ0) is 20.5. The third kappa shape index (κ3) is 6.16. The third-order valence-electron chi connectivity index (χ3n) is 4.12. The Kier molecular flexibility index (Phi) is 8.28. The van der Waals surface area contributed by atoms with Crippen molar-refractivity contribution in [3.63, 3.8) is 0 Å². The molecule has 2 aromatic heterocycles. The molecule has 0 atom stereocenters. The third-order valence-corrected chi connectivity index (χ3v) is 7.30. The molecule has 0 saturated carbocycles. The van der Waals surface area contributed by atoms with Crippen molar-refractivity contribution in [1.29, 1.82) is 5.26 Å². The number of aliphatic imine (C=N–C) groups is 1. The Morgan fingerprint density at radius 1 is 1.24 bits per heavy atom. The average molecular weight is 443 g/mol. The molecule has 0 amide bonds. The monoisotopic (exact) mass is 442 g/mol. The first-order valence-corrected chi connectivity index (χ1v) is 12.1. The summed E-state index contributed by atoms with van der Waals surface area (Å²) in [6, 6.07) is 10.1. The lowest BCUT2D eigenvalue weighted by Crippen LogP contribution is -2.14. The number of fused-ring (bicyclic) bond motifs is 1. The molecule has 0 unspecified atom stereocenters. The van der Waals surface area contributed by atoms with Gasteiger partial charge in [-0.15, -0.1) is 11.8 Å². The molecule has 9 heteroatoms. The summed E-state index contributed by atoms with van der Waals surface area (Å²) in [4.78, 5) is 17.9. The highest BCUT2D eigenvalue weighted by molar-refractivity contribution is 8.13. The molecule has 0 spiro atoms. The van der Waals surface area contributed by atoms with Gasteiger partial charge in [0.25, 0.3) is 0 Å². The van der Waals surface area contributed by atoms with Crippen LogP contribution in [0, 0.1) is 18.4 Å². The van der Waals surface area contributed by atoms with E-state index < -0.39 is 0 Å². The first-order chi connectivity index (χ1) is 14.2. The van der Waals surface area contributed by atoms with E-state index in [1.54, 1.807) is 30.6 Å². The van der Waals surface area contributed by atoms with Crippen molar-refractivity contribution in [2.75, 3.05) is 18.6 Å². The van der Waals surface area contributed by atoms with Crippen molar-refractivity contribution in [3.05, 3.63) is 47.8 Å². The van der Waals surface area contributed by atoms with Gasteiger partial charge in [0.1, 0.15) is 0 Å². The molecule has 0 radical (unpaired) electrons. The number of pyridine rings is 1. The zero-order valence-electron chi connectivity index (χ0n) is 16.3. The number of hydrogen-bond donors (Lipinski definition) is 2. The lowest BCUT2D eigenvalue weighted by atomic mass is 10.2. The molecule has 0 aliphatic heterocycles. The summed E-state index contributed by atoms with van der Waals surface area (Å²) in [7, 11) is 1.69. The van der Waals surface area contributed by atoms with Crippen molar-refractivity contribution >= 4 is 51.5 Å². The van der Waals surface area contributed by atoms with E-state index in [1.807, 2.05) is 48.4 Å². The predicted molar refractivity (Wildman–Crippen MR) is 125 cm³/mol. The maximum atomic E-state index is 8.66. The number of thioether (sulfide) groups is 3. The molecule has 0 aliphatic rings. The van der Waals surface area contributed by atoms with Crippen LogP contribution in [0.4, 0.5) is 0 Å². The van der Waals surface area contributed by atoms with Gasteiger partial charge in [0, 0.05) is 29.6 Å². The summed E-state index contributed by atoms with van der Waals surface area (Å²) in [6.07, 6.45) is 4.83. The molecule has 1 aromatic carbocycles. The standard InChI is InChI=1S/C20H22N6S3/c1-14-17(12-29-20-25-15-6-3-4-7-16(15)26-20)23-9-8-18(14)27-10-5-11-28-19(22-2)24-13-21/h3-4,6-9H,5,10-12H2,1-2H3,(H,22,24)(H,25,26). The quantitative estimate of drug-likeness (QED) is 0.129. The van der Waals surface area contributed by atoms with Crippen LogP contribution in [0.1, 0.15) is 17.7 Å². The van der Waals surface area contributed by atoms with E-state index in [4.69, 9.17) is 5.26 Å². The van der Waals surface area contributed by atoms with Gasteiger partial charge in [0.05, 0.1) is 16.7 Å². The molecule has 29 heavy (non-hydrogen) atoms. The van der Waals surface area contributed by atoms with E-state index in [1.165, 1.54) is 10.5 Å². The van der Waals surface area contributed by atoms with Crippen molar-refractivity contribution in [2.45, 2.75) is 29.1 Å². The van der Waals surface area contributed by atoms with Gasteiger partial charge in [-0.05, 0) is 42.9 Å². The number of hydrogen-bond acceptors (Lipinski definition) is 7. The van der Waals surface area contributed by atoms with Crippen LogP contribution in [0.25, 0.3) is 11.0 Å². The van der Waals surface area contributed by atoms with Crippen LogP contribution in [0.2, 0.25) is 0 Å². The minimum absolute atomic E-state index is 0.669. The number of benzene rings is 1. The van der Waals surface area contributed by atoms with Crippen LogP contribution >= 0.6 is 35.3 Å². The van der Waals surface area contributed by atoms with E-state index in [-0.39, 0.29) is 0 Å². The molecule has 3 aromatic rings. The first-order valence-electron chi connectivity index (χ1n) is 9.10. The maximum Gasteiger partial charge on any atom is 0.183 e. The second-order valence-corrected chi connectivity index (χ2v) is 9.23. The van der Waals surface area contributed by atoms with Crippen LogP contribution < -0.4 is 5.32 Å². The van der Waals surface area contributed by atoms with Gasteiger partial charge in [-0.25, -0.2) is 4.98 Å². The summed E-state index contributed by atoms with van der Waals surface area (Å²) in [5.74, 6) is 2.72. The molecule has 6 nitrogen and oxygen atoms in total. The largest absolute Gasteiger partial charge is 0.333 e. The highest BCUT2D eigenvalue weighted by atomic mass is 32.2. The predicted octanol–water partition coefficient (Wildman–Crippen LogP) is 4.83. The number of aromatic nitrogens is 3. The fourth-order valence-electron chi connectivity index (χ4n) is 2.61. The van der Waals surface area contributed by atoms with Gasteiger partial charge in [-0.1, -0.05) is 35.7 Å². The molecular weight excluding hydrogens is 420 g/mol. The number of nitrogens with zero attached hydrogens (tertiary/aromatic N) is 4. The Balaban J connectivity index is 1.50. The minimum atomic E-state index is 0.669. The lowest BCUT2D eigenvalue weighted by Gasteiger charge is -2.09. The number of rotatable bonds is 8. The Bertz CT molecular complexity index is 991. The summed E-state index contributed by atoms with van der Waals surface area (Å²) < 4.78 is 0. The smallest absolute Gasteiger partial charge is 0.183 e. The highest BCUT2D eigenvalue weighted by Gasteiger charge is 2.09. The van der Waals surface area contributed by atoms with Crippen molar-refractivity contribution in [2.24, 2.45) is 4.99 Å². The number of imidazole rings is 1. The Morgan fingerprint density at radius 3 is 2.90 bits per heavy atom. The maximum absolute atomic E-state index is 8.66. The summed E-state index contributed by atoms with van der Waals surface area (Å²) in [6.45, 7) is 2.14. The van der Waals surface area contributed by atoms with E-state index >= 15 is 0 Å². The summed E-state index contributed by atoms with van der Waals surface area (Å²) in [5.41, 5.74) is 4.37. The molecule has 2 heterocycles. The van der Waals surface area contributed by atoms with Crippen LogP contribution in [-0.2, 0) is 5.75 Å². The fourth-order valence-corrected chi connectivity index (χ4v) is 5.43. The summed E-state index contributed by atoms with van der Waals surface area (Å²) >= 11 is 5.10. The number of amidine groups is 1. The summed E-state index contributed by atoms with van der Waals surface area (Å²) in [5, 5.41) is 12.8. The lowest BCUT2D eigenvalue weighted by molar-refractivity contribution is 1.05. The number of aromatic amines is 1. The van der Waals surface area contributed by atoms with Crippen LogP contribution in [0.15, 0.2) is 51.6 Å². The molecule has 0 fully saturated rings. The second kappa shape index (κ2) is 11.1. The molecule has 0 aliphatic carbocycles. The van der Waals surface area contributed by atoms with Crippen molar-refractivity contribution < 1.29 is 0 Å². The minimum Gasteiger partial charge on any atom is -0.333 e. The number of para-hydroxylation sites is 2. The fraction of sp³-hybridized carbons (Fsp3) is 0.300. The van der Waals surface area contributed by atoms with E-state index in [9.17, 15) is 0 Å². The highest BCUT2D eigenvalue weighted by Crippen LogP contribution is 2.28. The number of nitriles is 1. The number of H-pyrrole nitrogens is 1. The Morgan fingerprint density at radius 2 is 2.10 bits per heavy atom. The van der Waals surface area contributed by atoms with Gasteiger partial charge in [0.15, 0.2) is 16.5 Å². The molecule has 150 valence electrons. The Hall–Kier alpha value is -2.15. The number of nitrogens with one attached hydrogen (secondary N) is 2. The van der Waals surface area contributed by atoms with Gasteiger partial charge in [-0.2, -0.15) is 5.26 Å². The molecular formula is C20H22N6S3. The zero-order valence-corrected chi connectivity index (χ0v) is 18.8. The average Bonchev–Trinajstić information content (AvgIpc) is 3.16. The Labute approximate surface area is 183 Å². The van der Waals surface area contributed by atoms with Crippen molar-refractivity contribution in [1.82, 2.24) is 20.3 Å². The van der Waals surface area contributed by atoms with Gasteiger partial charge in [0.2, 0.25) is 0 Å². The first kappa shape index (κ1) is 21.6. The van der Waals surface area contributed by atoms with Gasteiger partial charge < -0.3 is 4.98 Å². The van der Waals surface area contributed by atoms with E-state index in [0.717, 1.165) is 45.6 Å².